The second kappa shape index (κ2) is 6.55. The summed E-state index contributed by atoms with van der Waals surface area (Å²) >= 11 is 0. The SMILES string of the molecule is CC(C)C(=O)Nc1ccc(CC(N)C(C)C)cc1. The van der Waals surface area contributed by atoms with Crippen LogP contribution >= 0.6 is 0 Å². The van der Waals surface area contributed by atoms with Crippen LogP contribution < -0.4 is 11.1 Å². The second-order valence-electron chi connectivity index (χ2n) is 5.45. The number of hydrogen-bond acceptors (Lipinski definition) is 2. The highest BCUT2D eigenvalue weighted by Crippen LogP contribution is 2.13. The van der Waals surface area contributed by atoms with Gasteiger partial charge in [-0.25, -0.2) is 0 Å². The summed E-state index contributed by atoms with van der Waals surface area (Å²) in [5.74, 6) is 0.519. The summed E-state index contributed by atoms with van der Waals surface area (Å²) in [6.45, 7) is 8.01. The van der Waals surface area contributed by atoms with Crippen molar-refractivity contribution in [3.8, 4) is 0 Å². The van der Waals surface area contributed by atoms with E-state index < -0.39 is 0 Å². The van der Waals surface area contributed by atoms with E-state index in [9.17, 15) is 4.79 Å². The first-order valence-electron chi connectivity index (χ1n) is 6.55. The lowest BCUT2D eigenvalue weighted by Crippen LogP contribution is -2.28. The Labute approximate surface area is 110 Å². The molecule has 3 nitrogen and oxygen atoms in total. The van der Waals surface area contributed by atoms with E-state index in [1.807, 2.05) is 38.1 Å². The minimum Gasteiger partial charge on any atom is -0.327 e. The Morgan fingerprint density at radius 3 is 2.17 bits per heavy atom. The highest BCUT2D eigenvalue weighted by molar-refractivity contribution is 5.91. The molecule has 1 atom stereocenters. The van der Waals surface area contributed by atoms with Gasteiger partial charge in [0.2, 0.25) is 5.91 Å². The fourth-order valence-corrected chi connectivity index (χ4v) is 1.52. The zero-order valence-corrected chi connectivity index (χ0v) is 11.7. The van der Waals surface area contributed by atoms with Crippen molar-refractivity contribution in [2.75, 3.05) is 5.32 Å². The van der Waals surface area contributed by atoms with Crippen molar-refractivity contribution in [1.29, 1.82) is 0 Å². The highest BCUT2D eigenvalue weighted by Gasteiger charge is 2.09. The summed E-state index contributed by atoms with van der Waals surface area (Å²) in [6.07, 6.45) is 0.871. The minimum atomic E-state index is -0.000889. The van der Waals surface area contributed by atoms with Crippen LogP contribution in [0.25, 0.3) is 0 Å². The number of carbonyl (C=O) groups excluding carboxylic acids is 1. The number of amides is 1. The van der Waals surface area contributed by atoms with Crippen molar-refractivity contribution in [1.82, 2.24) is 0 Å². The molecule has 3 N–H and O–H groups in total. The average Bonchev–Trinajstić information content (AvgIpc) is 2.31. The zero-order chi connectivity index (χ0) is 13.7. The van der Waals surface area contributed by atoms with Crippen LogP contribution in [0.3, 0.4) is 0 Å². The van der Waals surface area contributed by atoms with E-state index in [1.54, 1.807) is 0 Å². The van der Waals surface area contributed by atoms with Crippen molar-refractivity contribution < 1.29 is 4.79 Å². The molecule has 3 heteroatoms. The summed E-state index contributed by atoms with van der Waals surface area (Å²) in [6, 6.07) is 8.10. The molecule has 1 aromatic carbocycles. The van der Waals surface area contributed by atoms with Crippen LogP contribution in [0.1, 0.15) is 33.3 Å². The Hall–Kier alpha value is -1.35. The van der Waals surface area contributed by atoms with Crippen LogP contribution in [-0.2, 0) is 11.2 Å². The van der Waals surface area contributed by atoms with Gasteiger partial charge in [-0.05, 0) is 30.0 Å². The van der Waals surface area contributed by atoms with Crippen molar-refractivity contribution in [3.05, 3.63) is 29.8 Å². The summed E-state index contributed by atoms with van der Waals surface area (Å²) in [5, 5.41) is 2.87. The lowest BCUT2D eigenvalue weighted by Gasteiger charge is -2.15. The first-order valence-corrected chi connectivity index (χ1v) is 6.55. The van der Waals surface area contributed by atoms with Gasteiger partial charge in [-0.3, -0.25) is 4.79 Å². The quantitative estimate of drug-likeness (QED) is 0.842. The Morgan fingerprint density at radius 1 is 1.17 bits per heavy atom. The van der Waals surface area contributed by atoms with E-state index in [2.05, 4.69) is 19.2 Å². The van der Waals surface area contributed by atoms with Crippen molar-refractivity contribution >= 4 is 11.6 Å². The zero-order valence-electron chi connectivity index (χ0n) is 11.7. The first-order chi connectivity index (χ1) is 8.40. The van der Waals surface area contributed by atoms with Gasteiger partial charge in [-0.15, -0.1) is 0 Å². The van der Waals surface area contributed by atoms with E-state index in [4.69, 9.17) is 5.73 Å². The maximum Gasteiger partial charge on any atom is 0.226 e. The predicted molar refractivity (Wildman–Crippen MR) is 76.4 cm³/mol. The third-order valence-corrected chi connectivity index (χ3v) is 3.07. The van der Waals surface area contributed by atoms with E-state index in [0.717, 1.165) is 12.1 Å². The fourth-order valence-electron chi connectivity index (χ4n) is 1.52. The third kappa shape index (κ3) is 4.49. The van der Waals surface area contributed by atoms with Crippen LogP contribution in [-0.4, -0.2) is 11.9 Å². The minimum absolute atomic E-state index is 0.000889. The molecule has 0 aliphatic rings. The smallest absolute Gasteiger partial charge is 0.226 e. The summed E-state index contributed by atoms with van der Waals surface area (Å²) in [7, 11) is 0. The predicted octanol–water partition coefficient (Wildman–Crippen LogP) is 2.81. The van der Waals surface area contributed by atoms with Crippen LogP contribution in [0.15, 0.2) is 24.3 Å². The topological polar surface area (TPSA) is 55.1 Å². The van der Waals surface area contributed by atoms with Gasteiger partial charge in [0.15, 0.2) is 0 Å². The number of benzene rings is 1. The van der Waals surface area contributed by atoms with Gasteiger partial charge in [0, 0.05) is 17.6 Å². The molecule has 0 saturated carbocycles. The van der Waals surface area contributed by atoms with Gasteiger partial charge in [0.05, 0.1) is 0 Å². The lowest BCUT2D eigenvalue weighted by atomic mass is 9.97. The standard InChI is InChI=1S/C15H24N2O/c1-10(2)14(16)9-12-5-7-13(8-6-12)17-15(18)11(3)4/h5-8,10-11,14H,9,16H2,1-4H3,(H,17,18). The van der Waals surface area contributed by atoms with E-state index in [1.165, 1.54) is 5.56 Å². The largest absolute Gasteiger partial charge is 0.327 e. The molecular formula is C15H24N2O. The Balaban J connectivity index is 2.60. The molecule has 18 heavy (non-hydrogen) atoms. The Bertz CT molecular complexity index is 382. The highest BCUT2D eigenvalue weighted by atomic mass is 16.1. The molecule has 1 amide bonds. The number of hydrogen-bond donors (Lipinski definition) is 2. The molecule has 0 aliphatic heterocycles. The van der Waals surface area contributed by atoms with Crippen molar-refractivity contribution in [2.24, 2.45) is 17.6 Å². The summed E-state index contributed by atoms with van der Waals surface area (Å²) in [4.78, 5) is 11.5. The normalized spacial score (nSPS) is 12.8. The van der Waals surface area contributed by atoms with E-state index >= 15 is 0 Å². The van der Waals surface area contributed by atoms with Gasteiger partial charge in [0.25, 0.3) is 0 Å². The molecule has 1 unspecified atom stereocenters. The molecular weight excluding hydrogens is 224 g/mol. The number of rotatable bonds is 5. The number of carbonyl (C=O) groups is 1. The first kappa shape index (κ1) is 14.7. The Kier molecular flexibility index (Phi) is 5.35. The maximum absolute atomic E-state index is 11.5. The maximum atomic E-state index is 11.5. The third-order valence-electron chi connectivity index (χ3n) is 3.07. The molecule has 0 spiro atoms. The van der Waals surface area contributed by atoms with Crippen LogP contribution in [0.2, 0.25) is 0 Å². The number of nitrogens with two attached hydrogens (primary N) is 1. The monoisotopic (exact) mass is 248 g/mol. The van der Waals surface area contributed by atoms with Crippen LogP contribution in [0.5, 0.6) is 0 Å². The molecule has 1 rings (SSSR count). The summed E-state index contributed by atoms with van der Waals surface area (Å²) in [5.41, 5.74) is 8.09. The van der Waals surface area contributed by atoms with Gasteiger partial charge < -0.3 is 11.1 Å². The molecule has 1 aromatic rings. The fraction of sp³-hybridized carbons (Fsp3) is 0.533. The van der Waals surface area contributed by atoms with Crippen LogP contribution in [0.4, 0.5) is 5.69 Å². The molecule has 0 radical (unpaired) electrons. The average molecular weight is 248 g/mol. The van der Waals surface area contributed by atoms with E-state index in [-0.39, 0.29) is 17.9 Å². The lowest BCUT2D eigenvalue weighted by molar-refractivity contribution is -0.118. The van der Waals surface area contributed by atoms with Gasteiger partial charge in [-0.1, -0.05) is 39.8 Å². The molecule has 0 heterocycles. The molecule has 0 aromatic heterocycles. The number of anilines is 1. The van der Waals surface area contributed by atoms with Gasteiger partial charge in [0.1, 0.15) is 0 Å². The van der Waals surface area contributed by atoms with Crippen LogP contribution in [0, 0.1) is 11.8 Å². The Morgan fingerprint density at radius 2 is 1.72 bits per heavy atom. The van der Waals surface area contributed by atoms with Crippen molar-refractivity contribution in [3.63, 3.8) is 0 Å². The molecule has 100 valence electrons. The van der Waals surface area contributed by atoms with Crippen molar-refractivity contribution in [2.45, 2.75) is 40.2 Å². The molecule has 0 aliphatic carbocycles. The molecule has 0 bridgehead atoms. The second-order valence-corrected chi connectivity index (χ2v) is 5.45. The number of nitrogens with one attached hydrogen (secondary N) is 1. The van der Waals surface area contributed by atoms with Gasteiger partial charge in [-0.2, -0.15) is 0 Å². The summed E-state index contributed by atoms with van der Waals surface area (Å²) < 4.78 is 0. The van der Waals surface area contributed by atoms with E-state index in [0.29, 0.717) is 5.92 Å². The van der Waals surface area contributed by atoms with Gasteiger partial charge >= 0.3 is 0 Å². The molecule has 0 fully saturated rings. The molecule has 0 saturated heterocycles.